The smallest absolute Gasteiger partial charge is 0.256 e. The molecule has 0 spiro atoms. The van der Waals surface area contributed by atoms with Crippen molar-refractivity contribution in [1.29, 1.82) is 0 Å². The van der Waals surface area contributed by atoms with Crippen LogP contribution in [0.1, 0.15) is 11.1 Å². The Hall–Kier alpha value is -2.28. The summed E-state index contributed by atoms with van der Waals surface area (Å²) in [6.07, 6.45) is 5.44. The largest absolute Gasteiger partial charge is 0.486 e. The first-order valence-electron chi connectivity index (χ1n) is 8.57. The van der Waals surface area contributed by atoms with Crippen LogP contribution in [0.5, 0.6) is 5.75 Å². The Kier molecular flexibility index (Phi) is 5.19. The van der Waals surface area contributed by atoms with E-state index in [-0.39, 0.29) is 5.75 Å². The average molecular weight is 435 g/mol. The lowest BCUT2D eigenvalue weighted by atomic mass is 10.0. The number of sulfonamides is 1. The first-order valence-corrected chi connectivity index (χ1v) is 10.9. The molecule has 28 heavy (non-hydrogen) atoms. The van der Waals surface area contributed by atoms with Gasteiger partial charge in [0.05, 0.1) is 15.8 Å². The van der Waals surface area contributed by atoms with Crippen molar-refractivity contribution < 1.29 is 13.2 Å². The van der Waals surface area contributed by atoms with E-state index >= 15 is 0 Å². The van der Waals surface area contributed by atoms with E-state index in [9.17, 15) is 8.42 Å². The van der Waals surface area contributed by atoms with E-state index in [1.54, 1.807) is 29.3 Å². The van der Waals surface area contributed by atoms with Crippen molar-refractivity contribution in [2.45, 2.75) is 6.61 Å². The van der Waals surface area contributed by atoms with E-state index in [0.29, 0.717) is 45.9 Å². The first kappa shape index (κ1) is 19.1. The van der Waals surface area contributed by atoms with Gasteiger partial charge in [0.2, 0.25) is 0 Å². The van der Waals surface area contributed by atoms with Crippen LogP contribution >= 0.6 is 23.2 Å². The normalized spacial score (nSPS) is 17.6. The monoisotopic (exact) mass is 434 g/mol. The molecule has 0 bridgehead atoms. The number of amidine groups is 1. The van der Waals surface area contributed by atoms with Crippen LogP contribution in [0, 0.1) is 0 Å². The number of halogens is 2. The fourth-order valence-corrected chi connectivity index (χ4v) is 4.61. The predicted octanol–water partition coefficient (Wildman–Crippen LogP) is 4.53. The van der Waals surface area contributed by atoms with Crippen LogP contribution < -0.4 is 4.74 Å². The summed E-state index contributed by atoms with van der Waals surface area (Å²) in [4.78, 5) is 1.80. The van der Waals surface area contributed by atoms with Crippen molar-refractivity contribution >= 4 is 44.6 Å². The molecule has 0 saturated heterocycles. The summed E-state index contributed by atoms with van der Waals surface area (Å²) in [6, 6.07) is 13.1. The summed E-state index contributed by atoms with van der Waals surface area (Å²) in [6.45, 7) is 0.693. The Morgan fingerprint density at radius 1 is 1.11 bits per heavy atom. The number of nitrogens with zero attached hydrogens (tertiary/aromatic N) is 2. The second-order valence-corrected chi connectivity index (χ2v) is 8.93. The van der Waals surface area contributed by atoms with Gasteiger partial charge in [-0.3, -0.25) is 0 Å². The molecule has 0 atom stereocenters. The summed E-state index contributed by atoms with van der Waals surface area (Å²) < 4.78 is 33.6. The Bertz CT molecular complexity index is 1090. The van der Waals surface area contributed by atoms with Crippen molar-refractivity contribution in [3.05, 3.63) is 82.0 Å². The topological polar surface area (TPSA) is 59.0 Å². The van der Waals surface area contributed by atoms with E-state index in [4.69, 9.17) is 27.9 Å². The van der Waals surface area contributed by atoms with Crippen molar-refractivity contribution in [3.8, 4) is 5.75 Å². The van der Waals surface area contributed by atoms with E-state index in [2.05, 4.69) is 4.40 Å². The third-order valence-electron chi connectivity index (χ3n) is 4.39. The van der Waals surface area contributed by atoms with Crippen LogP contribution in [0.2, 0.25) is 10.0 Å². The quantitative estimate of drug-likeness (QED) is 0.708. The van der Waals surface area contributed by atoms with E-state index in [0.717, 1.165) is 5.56 Å². The molecule has 0 amide bonds. The van der Waals surface area contributed by atoms with Gasteiger partial charge in [-0.25, -0.2) is 8.42 Å². The lowest BCUT2D eigenvalue weighted by Gasteiger charge is -2.29. The van der Waals surface area contributed by atoms with Gasteiger partial charge in [0.1, 0.15) is 6.61 Å². The standard InChI is InChI=1S/C20H16Cl2N2O3S/c21-17-11-15(12-18(22)19(17)27-13-14-5-2-1-3-6-14)16-7-4-8-24-9-10-28(25,26)23-20(16)24/h1-8,11-12H,9-10,13H2. The number of allylic oxidation sites excluding steroid dienone is 2. The zero-order chi connectivity index (χ0) is 19.7. The molecule has 5 nitrogen and oxygen atoms in total. The second-order valence-electron chi connectivity index (χ2n) is 6.36. The predicted molar refractivity (Wildman–Crippen MR) is 112 cm³/mol. The summed E-state index contributed by atoms with van der Waals surface area (Å²) in [7, 11) is -3.48. The van der Waals surface area contributed by atoms with Crippen LogP contribution in [0.3, 0.4) is 0 Å². The Morgan fingerprint density at radius 3 is 2.54 bits per heavy atom. The highest BCUT2D eigenvalue weighted by Crippen LogP contribution is 2.38. The second kappa shape index (κ2) is 7.62. The lowest BCUT2D eigenvalue weighted by molar-refractivity contribution is 0.306. The molecule has 0 unspecified atom stereocenters. The molecule has 2 heterocycles. The molecule has 0 aromatic heterocycles. The van der Waals surface area contributed by atoms with Gasteiger partial charge in [0, 0.05) is 18.3 Å². The molecular formula is C20H16Cl2N2O3S. The molecule has 0 aliphatic carbocycles. The molecule has 4 rings (SSSR count). The minimum atomic E-state index is -3.48. The van der Waals surface area contributed by atoms with E-state index in [1.165, 1.54) is 0 Å². The summed E-state index contributed by atoms with van der Waals surface area (Å²) >= 11 is 12.8. The molecule has 0 radical (unpaired) electrons. The number of rotatable bonds is 4. The third-order valence-corrected chi connectivity index (χ3v) is 6.10. The Balaban J connectivity index is 1.65. The maximum Gasteiger partial charge on any atom is 0.256 e. The molecule has 8 heteroatoms. The SMILES string of the molecule is O=S1(=O)CCN2C=CC=C(c3cc(Cl)c(OCc4ccccc4)c(Cl)c3)C2=N1. The maximum absolute atomic E-state index is 12.0. The molecule has 2 aliphatic heterocycles. The van der Waals surface area contributed by atoms with Crippen LogP contribution in [0.4, 0.5) is 0 Å². The lowest BCUT2D eigenvalue weighted by Crippen LogP contribution is -2.37. The van der Waals surface area contributed by atoms with Gasteiger partial charge >= 0.3 is 0 Å². The summed E-state index contributed by atoms with van der Waals surface area (Å²) in [5.41, 5.74) is 2.31. The zero-order valence-electron chi connectivity index (χ0n) is 14.7. The fraction of sp³-hybridized carbons (Fsp3) is 0.150. The minimum absolute atomic E-state index is 0.0120. The molecule has 0 saturated carbocycles. The molecule has 2 aromatic carbocycles. The highest BCUT2D eigenvalue weighted by atomic mass is 35.5. The number of hydrogen-bond acceptors (Lipinski definition) is 4. The number of benzene rings is 2. The van der Waals surface area contributed by atoms with Gasteiger partial charge in [-0.05, 0) is 35.4 Å². The zero-order valence-corrected chi connectivity index (χ0v) is 17.0. The Morgan fingerprint density at radius 2 is 1.82 bits per heavy atom. The number of fused-ring (bicyclic) bond motifs is 1. The van der Waals surface area contributed by atoms with E-state index in [1.807, 2.05) is 36.4 Å². The van der Waals surface area contributed by atoms with Gasteiger partial charge in [0.25, 0.3) is 10.0 Å². The van der Waals surface area contributed by atoms with Gasteiger partial charge in [-0.2, -0.15) is 0 Å². The number of hydrogen-bond donors (Lipinski definition) is 0. The highest BCUT2D eigenvalue weighted by Gasteiger charge is 2.28. The van der Waals surface area contributed by atoms with Crippen LogP contribution in [-0.4, -0.2) is 31.5 Å². The Labute approximate surface area is 173 Å². The molecule has 144 valence electrons. The van der Waals surface area contributed by atoms with Crippen LogP contribution in [-0.2, 0) is 16.6 Å². The van der Waals surface area contributed by atoms with Crippen molar-refractivity contribution in [2.75, 3.05) is 12.3 Å². The van der Waals surface area contributed by atoms with Gasteiger partial charge < -0.3 is 9.64 Å². The third kappa shape index (κ3) is 3.94. The summed E-state index contributed by atoms with van der Waals surface area (Å²) in [5.74, 6) is 0.749. The van der Waals surface area contributed by atoms with Gasteiger partial charge in [0.15, 0.2) is 11.6 Å². The molecule has 2 aromatic rings. The van der Waals surface area contributed by atoms with Gasteiger partial charge in [-0.15, -0.1) is 4.40 Å². The van der Waals surface area contributed by atoms with Crippen molar-refractivity contribution in [3.63, 3.8) is 0 Å². The van der Waals surface area contributed by atoms with E-state index < -0.39 is 10.0 Å². The first-order chi connectivity index (χ1) is 13.4. The maximum atomic E-state index is 12.0. The molecule has 0 N–H and O–H groups in total. The van der Waals surface area contributed by atoms with Crippen molar-refractivity contribution in [2.24, 2.45) is 4.40 Å². The van der Waals surface area contributed by atoms with Crippen LogP contribution in [0.25, 0.3) is 5.57 Å². The number of ether oxygens (including phenoxy) is 1. The van der Waals surface area contributed by atoms with Gasteiger partial charge in [-0.1, -0.05) is 53.5 Å². The molecular weight excluding hydrogens is 419 g/mol. The summed E-state index contributed by atoms with van der Waals surface area (Å²) in [5, 5.41) is 0.694. The fourth-order valence-electron chi connectivity index (χ4n) is 3.02. The average Bonchev–Trinajstić information content (AvgIpc) is 2.67. The van der Waals surface area contributed by atoms with Crippen LogP contribution in [0.15, 0.2) is 65.2 Å². The minimum Gasteiger partial charge on any atom is -0.486 e. The highest BCUT2D eigenvalue weighted by molar-refractivity contribution is 7.90. The molecule has 0 fully saturated rings. The van der Waals surface area contributed by atoms with Crippen molar-refractivity contribution in [1.82, 2.24) is 4.90 Å². The molecule has 2 aliphatic rings.